The lowest BCUT2D eigenvalue weighted by molar-refractivity contribution is 0.0599. The van der Waals surface area contributed by atoms with Crippen LogP contribution in [0.25, 0.3) is 21.7 Å². The van der Waals surface area contributed by atoms with Crippen LogP contribution in [0.15, 0.2) is 39.5 Å². The van der Waals surface area contributed by atoms with Gasteiger partial charge in [0.15, 0.2) is 0 Å². The van der Waals surface area contributed by atoms with Crippen LogP contribution in [-0.2, 0) is 17.7 Å². The van der Waals surface area contributed by atoms with E-state index in [2.05, 4.69) is 4.90 Å². The van der Waals surface area contributed by atoms with Crippen molar-refractivity contribution in [3.63, 3.8) is 0 Å². The Labute approximate surface area is 138 Å². The van der Waals surface area contributed by atoms with Crippen LogP contribution in [0, 0.1) is 0 Å². The van der Waals surface area contributed by atoms with Crippen molar-refractivity contribution >= 4 is 27.7 Å². The average molecular weight is 323 g/mol. The van der Waals surface area contributed by atoms with Crippen LogP contribution in [0.4, 0.5) is 0 Å². The molecule has 0 saturated carbocycles. The number of hydrogen-bond donors (Lipinski definition) is 0. The summed E-state index contributed by atoms with van der Waals surface area (Å²) in [5, 5.41) is 2.22. The van der Waals surface area contributed by atoms with E-state index in [0.29, 0.717) is 23.1 Å². The molecule has 1 aliphatic heterocycles. The minimum Gasteiger partial charge on any atom is -0.465 e. The van der Waals surface area contributed by atoms with Gasteiger partial charge in [-0.15, -0.1) is 0 Å². The molecular formula is C19H17NO4. The fourth-order valence-electron chi connectivity index (χ4n) is 3.57. The average Bonchev–Trinajstić information content (AvgIpc) is 2.60. The van der Waals surface area contributed by atoms with Crippen molar-refractivity contribution < 1.29 is 13.9 Å². The molecule has 1 aromatic heterocycles. The smallest absolute Gasteiger partial charge is 0.344 e. The molecule has 0 spiro atoms. The third kappa shape index (κ3) is 2.12. The lowest BCUT2D eigenvalue weighted by Crippen LogP contribution is -2.29. The summed E-state index contributed by atoms with van der Waals surface area (Å²) in [6.45, 7) is 1.55. The molecule has 5 nitrogen and oxygen atoms in total. The number of carbonyl (C=O) groups is 1. The maximum Gasteiger partial charge on any atom is 0.344 e. The molecule has 4 rings (SSSR count). The van der Waals surface area contributed by atoms with E-state index in [4.69, 9.17) is 9.15 Å². The number of nitrogens with zero attached hydrogens (tertiary/aromatic N) is 1. The topological polar surface area (TPSA) is 59.8 Å². The number of para-hydroxylation sites is 1. The number of benzene rings is 2. The van der Waals surface area contributed by atoms with E-state index in [1.54, 1.807) is 12.1 Å². The fraction of sp³-hybridized carbons (Fsp3) is 0.263. The minimum absolute atomic E-state index is 0.412. The van der Waals surface area contributed by atoms with Crippen LogP contribution in [-0.4, -0.2) is 31.6 Å². The molecule has 2 heterocycles. The summed E-state index contributed by atoms with van der Waals surface area (Å²) in [7, 11) is 3.39. The second-order valence-corrected chi connectivity index (χ2v) is 6.17. The van der Waals surface area contributed by atoms with Crippen molar-refractivity contribution in [3.8, 4) is 0 Å². The predicted molar refractivity (Wildman–Crippen MR) is 91.4 cm³/mol. The van der Waals surface area contributed by atoms with E-state index in [1.807, 2.05) is 25.2 Å². The standard InChI is InChI=1S/C19H17NO4/c1-20-8-7-11-13(18(21)23-2)9-14-17(15(11)10-20)12-5-3-4-6-16(12)24-19(14)22/h3-6,9H,7-8,10H2,1-2H3. The van der Waals surface area contributed by atoms with Crippen LogP contribution in [0.1, 0.15) is 21.5 Å². The molecule has 0 N–H and O–H groups in total. The van der Waals surface area contributed by atoms with Gasteiger partial charge >= 0.3 is 11.6 Å². The Morgan fingerprint density at radius 2 is 2.00 bits per heavy atom. The summed E-state index contributed by atoms with van der Waals surface area (Å²) >= 11 is 0. The molecule has 0 amide bonds. The van der Waals surface area contributed by atoms with E-state index in [0.717, 1.165) is 34.9 Å². The largest absolute Gasteiger partial charge is 0.465 e. The number of carbonyl (C=O) groups excluding carboxylic acids is 1. The number of ether oxygens (including phenoxy) is 1. The van der Waals surface area contributed by atoms with Gasteiger partial charge in [-0.1, -0.05) is 18.2 Å². The molecule has 0 radical (unpaired) electrons. The molecule has 0 bridgehead atoms. The van der Waals surface area contributed by atoms with Crippen LogP contribution in [0.2, 0.25) is 0 Å². The van der Waals surface area contributed by atoms with Gasteiger partial charge in [0.05, 0.1) is 18.1 Å². The summed E-state index contributed by atoms with van der Waals surface area (Å²) in [4.78, 5) is 26.9. The third-order valence-corrected chi connectivity index (χ3v) is 4.71. The maximum absolute atomic E-state index is 12.5. The van der Waals surface area contributed by atoms with Crippen molar-refractivity contribution in [2.75, 3.05) is 20.7 Å². The highest BCUT2D eigenvalue weighted by molar-refractivity contribution is 6.09. The Kier molecular flexibility index (Phi) is 3.39. The van der Waals surface area contributed by atoms with Crippen molar-refractivity contribution in [1.82, 2.24) is 4.90 Å². The summed E-state index contributed by atoms with van der Waals surface area (Å²) in [5.74, 6) is -0.412. The normalized spacial score (nSPS) is 14.8. The zero-order valence-corrected chi connectivity index (χ0v) is 13.6. The fourth-order valence-corrected chi connectivity index (χ4v) is 3.57. The van der Waals surface area contributed by atoms with Crippen LogP contribution in [0.3, 0.4) is 0 Å². The summed E-state index contributed by atoms with van der Waals surface area (Å²) in [5.41, 5.74) is 2.60. The van der Waals surface area contributed by atoms with Crippen LogP contribution < -0.4 is 5.63 Å². The van der Waals surface area contributed by atoms with Crippen LogP contribution in [0.5, 0.6) is 0 Å². The Morgan fingerprint density at radius 1 is 1.21 bits per heavy atom. The summed E-state index contributed by atoms with van der Waals surface area (Å²) in [6.07, 6.45) is 0.751. The van der Waals surface area contributed by atoms with E-state index in [9.17, 15) is 9.59 Å². The van der Waals surface area contributed by atoms with Gasteiger partial charge in [0.2, 0.25) is 0 Å². The molecule has 0 atom stereocenters. The van der Waals surface area contributed by atoms with E-state index < -0.39 is 11.6 Å². The summed E-state index contributed by atoms with van der Waals surface area (Å²) in [6, 6.07) is 9.15. The first-order chi connectivity index (χ1) is 11.6. The quantitative estimate of drug-likeness (QED) is 0.391. The molecule has 0 unspecified atom stereocenters. The lowest BCUT2D eigenvalue weighted by Gasteiger charge is -2.28. The number of hydrogen-bond acceptors (Lipinski definition) is 5. The molecule has 122 valence electrons. The Bertz CT molecular complexity index is 1030. The SMILES string of the molecule is COC(=O)c1cc2c(=O)oc3ccccc3c2c2c1CCN(C)C2. The second kappa shape index (κ2) is 5.46. The molecule has 0 saturated heterocycles. The molecule has 2 aromatic carbocycles. The van der Waals surface area contributed by atoms with Crippen molar-refractivity contribution in [2.24, 2.45) is 0 Å². The summed E-state index contributed by atoms with van der Waals surface area (Å²) < 4.78 is 10.4. The number of esters is 1. The van der Waals surface area contributed by atoms with Gasteiger partial charge < -0.3 is 14.1 Å². The highest BCUT2D eigenvalue weighted by atomic mass is 16.5. The Balaban J connectivity index is 2.21. The van der Waals surface area contributed by atoms with E-state index in [-0.39, 0.29) is 0 Å². The van der Waals surface area contributed by atoms with Gasteiger partial charge in [-0.2, -0.15) is 0 Å². The molecular weight excluding hydrogens is 306 g/mol. The van der Waals surface area contributed by atoms with Gasteiger partial charge in [-0.05, 0) is 36.7 Å². The zero-order valence-electron chi connectivity index (χ0n) is 13.6. The first-order valence-electron chi connectivity index (χ1n) is 7.87. The van der Waals surface area contributed by atoms with Crippen molar-refractivity contribution in [1.29, 1.82) is 0 Å². The highest BCUT2D eigenvalue weighted by Gasteiger charge is 2.25. The number of rotatable bonds is 1. The first kappa shape index (κ1) is 14.9. The Morgan fingerprint density at radius 3 is 2.79 bits per heavy atom. The predicted octanol–water partition coefficient (Wildman–Crippen LogP) is 2.72. The van der Waals surface area contributed by atoms with E-state index in [1.165, 1.54) is 7.11 Å². The van der Waals surface area contributed by atoms with Gasteiger partial charge in [0.1, 0.15) is 5.58 Å². The monoisotopic (exact) mass is 323 g/mol. The Hall–Kier alpha value is -2.66. The molecule has 24 heavy (non-hydrogen) atoms. The van der Waals surface area contributed by atoms with Gasteiger partial charge in [-0.3, -0.25) is 0 Å². The van der Waals surface area contributed by atoms with Gasteiger partial charge in [0.25, 0.3) is 0 Å². The minimum atomic E-state index is -0.426. The third-order valence-electron chi connectivity index (χ3n) is 4.71. The van der Waals surface area contributed by atoms with Gasteiger partial charge in [0, 0.05) is 23.9 Å². The van der Waals surface area contributed by atoms with E-state index >= 15 is 0 Å². The second-order valence-electron chi connectivity index (χ2n) is 6.17. The van der Waals surface area contributed by atoms with Crippen LogP contribution >= 0.6 is 0 Å². The molecule has 0 aliphatic carbocycles. The maximum atomic E-state index is 12.5. The first-order valence-corrected chi connectivity index (χ1v) is 7.87. The molecule has 3 aromatic rings. The number of likely N-dealkylation sites (N-methyl/N-ethyl adjacent to an activating group) is 1. The van der Waals surface area contributed by atoms with Crippen molar-refractivity contribution in [2.45, 2.75) is 13.0 Å². The zero-order chi connectivity index (χ0) is 16.8. The molecule has 1 aliphatic rings. The lowest BCUT2D eigenvalue weighted by atomic mass is 9.88. The molecule has 5 heteroatoms. The van der Waals surface area contributed by atoms with Gasteiger partial charge in [-0.25, -0.2) is 9.59 Å². The molecule has 0 fully saturated rings. The number of methoxy groups -OCH3 is 1. The number of fused-ring (bicyclic) bond motifs is 5. The highest BCUT2D eigenvalue weighted by Crippen LogP contribution is 2.33. The van der Waals surface area contributed by atoms with Crippen molar-refractivity contribution in [3.05, 3.63) is 57.4 Å².